The van der Waals surface area contributed by atoms with Crippen LogP contribution >= 0.6 is 11.6 Å². The van der Waals surface area contributed by atoms with Crippen LogP contribution in [0.4, 0.5) is 0 Å². The number of fused-ring (bicyclic) bond motifs is 1. The summed E-state index contributed by atoms with van der Waals surface area (Å²) in [6, 6.07) is 17.8. The van der Waals surface area contributed by atoms with E-state index < -0.39 is 12.0 Å². The Morgan fingerprint density at radius 1 is 1.04 bits per heavy atom. The average Bonchev–Trinajstić information content (AvgIpc) is 2.72. The van der Waals surface area contributed by atoms with E-state index in [0.29, 0.717) is 11.3 Å². The van der Waals surface area contributed by atoms with E-state index in [2.05, 4.69) is 5.32 Å². The summed E-state index contributed by atoms with van der Waals surface area (Å²) >= 11 is 6.23. The molecule has 3 aromatic rings. The summed E-state index contributed by atoms with van der Waals surface area (Å²) < 4.78 is 9.94. The van der Waals surface area contributed by atoms with E-state index in [1.807, 2.05) is 42.5 Å². The molecule has 0 unspecified atom stereocenters. The second-order valence-electron chi connectivity index (χ2n) is 6.22. The molecule has 0 aliphatic heterocycles. The van der Waals surface area contributed by atoms with E-state index in [1.54, 1.807) is 18.2 Å². The lowest BCUT2D eigenvalue weighted by atomic mass is 9.96. The van der Waals surface area contributed by atoms with Crippen LogP contribution in [0, 0.1) is 0 Å². The van der Waals surface area contributed by atoms with Crippen LogP contribution in [0.1, 0.15) is 28.4 Å². The number of amides is 1. The summed E-state index contributed by atoms with van der Waals surface area (Å²) in [6.45, 7) is 0. The minimum Gasteiger partial charge on any atom is -0.497 e. The smallest absolute Gasteiger partial charge is 0.307 e. The zero-order valence-electron chi connectivity index (χ0n) is 15.6. The number of methoxy groups -OCH3 is 2. The second kappa shape index (κ2) is 8.76. The number of benzene rings is 3. The minimum atomic E-state index is -0.566. The number of esters is 1. The van der Waals surface area contributed by atoms with Crippen molar-refractivity contribution in [3.63, 3.8) is 0 Å². The highest BCUT2D eigenvalue weighted by molar-refractivity contribution is 6.34. The Kier molecular flexibility index (Phi) is 6.16. The monoisotopic (exact) mass is 397 g/mol. The van der Waals surface area contributed by atoms with Crippen LogP contribution in [0.2, 0.25) is 5.02 Å². The number of carbonyl (C=O) groups is 2. The molecule has 0 fully saturated rings. The molecule has 5 nitrogen and oxygen atoms in total. The van der Waals surface area contributed by atoms with Gasteiger partial charge in [0.15, 0.2) is 0 Å². The van der Waals surface area contributed by atoms with E-state index in [-0.39, 0.29) is 17.4 Å². The lowest BCUT2D eigenvalue weighted by Gasteiger charge is -2.20. The van der Waals surface area contributed by atoms with Crippen molar-refractivity contribution in [3.05, 3.63) is 76.8 Å². The standard InChI is InChI=1S/C22H20ClNO4/c1-27-15-10-11-18(19(23)12-15)22(26)24-20(13-21(25)28-2)17-9-5-7-14-6-3-4-8-16(14)17/h3-12,20H,13H2,1-2H3,(H,24,26)/t20-/m1/s1. The molecule has 28 heavy (non-hydrogen) atoms. The van der Waals surface area contributed by atoms with Crippen molar-refractivity contribution in [2.75, 3.05) is 14.2 Å². The summed E-state index contributed by atoms with van der Waals surface area (Å²) in [4.78, 5) is 24.9. The van der Waals surface area contributed by atoms with Gasteiger partial charge < -0.3 is 14.8 Å². The van der Waals surface area contributed by atoms with Gasteiger partial charge in [0.25, 0.3) is 5.91 Å². The second-order valence-corrected chi connectivity index (χ2v) is 6.63. The van der Waals surface area contributed by atoms with Crippen LogP contribution in [-0.2, 0) is 9.53 Å². The molecule has 6 heteroatoms. The van der Waals surface area contributed by atoms with Gasteiger partial charge in [0.1, 0.15) is 5.75 Å². The number of hydrogen-bond donors (Lipinski definition) is 1. The van der Waals surface area contributed by atoms with Crippen molar-refractivity contribution in [2.45, 2.75) is 12.5 Å². The molecule has 144 valence electrons. The first-order valence-corrected chi connectivity index (χ1v) is 9.10. The van der Waals surface area contributed by atoms with Gasteiger partial charge in [-0.3, -0.25) is 9.59 Å². The molecule has 0 aliphatic carbocycles. The van der Waals surface area contributed by atoms with Gasteiger partial charge in [-0.1, -0.05) is 54.1 Å². The number of hydrogen-bond acceptors (Lipinski definition) is 4. The first kappa shape index (κ1) is 19.7. The van der Waals surface area contributed by atoms with E-state index in [1.165, 1.54) is 14.2 Å². The Labute approximate surface area is 168 Å². The van der Waals surface area contributed by atoms with Crippen LogP contribution in [0.3, 0.4) is 0 Å². The van der Waals surface area contributed by atoms with Gasteiger partial charge in [-0.05, 0) is 34.5 Å². The summed E-state index contributed by atoms with van der Waals surface area (Å²) in [6.07, 6.45) is 0.00399. The third-order valence-corrected chi connectivity index (χ3v) is 4.84. The fourth-order valence-electron chi connectivity index (χ4n) is 3.09. The largest absolute Gasteiger partial charge is 0.497 e. The molecule has 3 aromatic carbocycles. The summed E-state index contributed by atoms with van der Waals surface area (Å²) in [7, 11) is 2.85. The van der Waals surface area contributed by atoms with Crippen LogP contribution in [0.5, 0.6) is 5.75 Å². The highest BCUT2D eigenvalue weighted by Gasteiger charge is 2.22. The SMILES string of the molecule is COC(=O)C[C@@H](NC(=O)c1ccc(OC)cc1Cl)c1cccc2ccccc12. The average molecular weight is 398 g/mol. The van der Waals surface area contributed by atoms with Gasteiger partial charge >= 0.3 is 5.97 Å². The fourth-order valence-corrected chi connectivity index (χ4v) is 3.34. The van der Waals surface area contributed by atoms with Gasteiger partial charge in [-0.25, -0.2) is 0 Å². The number of halogens is 1. The quantitative estimate of drug-likeness (QED) is 0.620. The zero-order valence-corrected chi connectivity index (χ0v) is 16.3. The Hall–Kier alpha value is -3.05. The molecular formula is C22H20ClNO4. The highest BCUT2D eigenvalue weighted by atomic mass is 35.5. The van der Waals surface area contributed by atoms with Gasteiger partial charge in [0.05, 0.1) is 37.3 Å². The van der Waals surface area contributed by atoms with Crippen molar-refractivity contribution >= 4 is 34.2 Å². The van der Waals surface area contributed by atoms with E-state index in [9.17, 15) is 9.59 Å². The van der Waals surface area contributed by atoms with E-state index >= 15 is 0 Å². The van der Waals surface area contributed by atoms with Crippen molar-refractivity contribution in [2.24, 2.45) is 0 Å². The molecule has 0 saturated heterocycles. The van der Waals surface area contributed by atoms with Gasteiger partial charge in [-0.15, -0.1) is 0 Å². The molecule has 1 atom stereocenters. The first-order chi connectivity index (χ1) is 13.5. The normalized spacial score (nSPS) is 11.7. The van der Waals surface area contributed by atoms with Crippen LogP contribution < -0.4 is 10.1 Å². The predicted molar refractivity (Wildman–Crippen MR) is 109 cm³/mol. The summed E-state index contributed by atoms with van der Waals surface area (Å²) in [5.74, 6) is -0.240. The Morgan fingerprint density at radius 2 is 1.79 bits per heavy atom. The van der Waals surface area contributed by atoms with Crippen LogP contribution in [0.25, 0.3) is 10.8 Å². The molecule has 0 saturated carbocycles. The molecule has 3 rings (SSSR count). The minimum absolute atomic E-state index is 0.00399. The number of nitrogens with one attached hydrogen (secondary N) is 1. The van der Waals surface area contributed by atoms with Crippen LogP contribution in [-0.4, -0.2) is 26.1 Å². The van der Waals surface area contributed by atoms with E-state index in [0.717, 1.165) is 16.3 Å². The van der Waals surface area contributed by atoms with Gasteiger partial charge in [0.2, 0.25) is 0 Å². The Morgan fingerprint density at radius 3 is 2.50 bits per heavy atom. The van der Waals surface area contributed by atoms with Crippen molar-refractivity contribution in [1.82, 2.24) is 5.32 Å². The molecule has 0 aromatic heterocycles. The molecule has 1 N–H and O–H groups in total. The third-order valence-electron chi connectivity index (χ3n) is 4.52. The van der Waals surface area contributed by atoms with Crippen molar-refractivity contribution in [3.8, 4) is 5.75 Å². The molecule has 0 aliphatic rings. The fraction of sp³-hybridized carbons (Fsp3) is 0.182. The third kappa shape index (κ3) is 4.26. The van der Waals surface area contributed by atoms with Crippen LogP contribution in [0.15, 0.2) is 60.7 Å². The lowest BCUT2D eigenvalue weighted by molar-refractivity contribution is -0.141. The molecular weight excluding hydrogens is 378 g/mol. The Balaban J connectivity index is 1.96. The van der Waals surface area contributed by atoms with Gasteiger partial charge in [-0.2, -0.15) is 0 Å². The first-order valence-electron chi connectivity index (χ1n) is 8.72. The molecule has 0 bridgehead atoms. The maximum absolute atomic E-state index is 12.9. The maximum Gasteiger partial charge on any atom is 0.307 e. The van der Waals surface area contributed by atoms with Crippen molar-refractivity contribution in [1.29, 1.82) is 0 Å². The van der Waals surface area contributed by atoms with E-state index in [4.69, 9.17) is 21.1 Å². The summed E-state index contributed by atoms with van der Waals surface area (Å²) in [5.41, 5.74) is 1.14. The molecule has 1 amide bonds. The number of rotatable bonds is 6. The zero-order chi connectivity index (χ0) is 20.1. The van der Waals surface area contributed by atoms with Crippen molar-refractivity contribution < 1.29 is 19.1 Å². The molecule has 0 spiro atoms. The molecule has 0 radical (unpaired) electrons. The summed E-state index contributed by atoms with van der Waals surface area (Å²) in [5, 5.41) is 5.17. The maximum atomic E-state index is 12.9. The predicted octanol–water partition coefficient (Wildman–Crippen LogP) is 4.54. The topological polar surface area (TPSA) is 64.6 Å². The number of carbonyl (C=O) groups excluding carboxylic acids is 2. The Bertz CT molecular complexity index is 1010. The lowest BCUT2D eigenvalue weighted by Crippen LogP contribution is -2.30. The highest BCUT2D eigenvalue weighted by Crippen LogP contribution is 2.28. The van der Waals surface area contributed by atoms with Gasteiger partial charge in [0, 0.05) is 0 Å². The number of ether oxygens (including phenoxy) is 2. The molecule has 0 heterocycles.